The Balaban J connectivity index is 2.89. The molecule has 0 radical (unpaired) electrons. The van der Waals surface area contributed by atoms with E-state index in [0.717, 1.165) is 13.0 Å². The predicted molar refractivity (Wildman–Crippen MR) is 73.1 cm³/mol. The number of aliphatic hydroxyl groups excluding tert-OH is 2. The van der Waals surface area contributed by atoms with E-state index in [1.807, 2.05) is 6.92 Å². The zero-order valence-corrected chi connectivity index (χ0v) is 11.2. The lowest BCUT2D eigenvalue weighted by Crippen LogP contribution is -2.36. The van der Waals surface area contributed by atoms with Crippen LogP contribution in [0.25, 0.3) is 0 Å². The van der Waals surface area contributed by atoms with Crippen LogP contribution in [-0.4, -0.2) is 58.9 Å². The van der Waals surface area contributed by atoms with E-state index in [1.54, 1.807) is 18.5 Å². The van der Waals surface area contributed by atoms with Crippen LogP contribution in [0.3, 0.4) is 0 Å². The molecule has 3 N–H and O–H groups in total. The van der Waals surface area contributed by atoms with Crippen molar-refractivity contribution in [1.82, 2.24) is 9.88 Å². The van der Waals surface area contributed by atoms with Crippen molar-refractivity contribution in [3.63, 3.8) is 0 Å². The van der Waals surface area contributed by atoms with Gasteiger partial charge >= 0.3 is 0 Å². The summed E-state index contributed by atoms with van der Waals surface area (Å²) in [6.45, 7) is 2.94. The molecule has 1 rings (SSSR count). The van der Waals surface area contributed by atoms with Crippen molar-refractivity contribution in [3.05, 3.63) is 24.0 Å². The number of aromatic nitrogens is 1. The van der Waals surface area contributed by atoms with Crippen molar-refractivity contribution >= 4 is 11.6 Å². The lowest BCUT2D eigenvalue weighted by atomic mass is 10.2. The number of aliphatic hydroxyl groups is 2. The van der Waals surface area contributed by atoms with Crippen LogP contribution >= 0.6 is 0 Å². The van der Waals surface area contributed by atoms with Crippen LogP contribution in [0.2, 0.25) is 0 Å². The number of hydrogen-bond donors (Lipinski definition) is 3. The minimum atomic E-state index is -0.218. The largest absolute Gasteiger partial charge is 0.395 e. The van der Waals surface area contributed by atoms with Crippen LogP contribution in [-0.2, 0) is 0 Å². The quantitative estimate of drug-likeness (QED) is 0.632. The van der Waals surface area contributed by atoms with E-state index >= 15 is 0 Å². The minimum Gasteiger partial charge on any atom is -0.395 e. The van der Waals surface area contributed by atoms with E-state index < -0.39 is 0 Å². The van der Waals surface area contributed by atoms with Gasteiger partial charge < -0.3 is 20.4 Å². The summed E-state index contributed by atoms with van der Waals surface area (Å²) >= 11 is 0. The third-order valence-corrected chi connectivity index (χ3v) is 2.64. The number of carbonyl (C=O) groups is 1. The molecule has 0 saturated heterocycles. The summed E-state index contributed by atoms with van der Waals surface area (Å²) in [7, 11) is 0. The van der Waals surface area contributed by atoms with Crippen LogP contribution in [0.4, 0.5) is 5.69 Å². The van der Waals surface area contributed by atoms with Gasteiger partial charge in [0.15, 0.2) is 0 Å². The molecule has 0 saturated carbocycles. The number of rotatable bonds is 8. The van der Waals surface area contributed by atoms with Crippen molar-refractivity contribution in [1.29, 1.82) is 0 Å². The number of anilines is 1. The molecule has 0 atom stereocenters. The van der Waals surface area contributed by atoms with Crippen LogP contribution in [0.15, 0.2) is 18.5 Å². The third-order valence-electron chi connectivity index (χ3n) is 2.64. The molecule has 1 aromatic rings. The van der Waals surface area contributed by atoms with Crippen molar-refractivity contribution in [3.8, 4) is 0 Å². The van der Waals surface area contributed by atoms with Gasteiger partial charge in [0.05, 0.1) is 30.7 Å². The molecule has 1 amide bonds. The van der Waals surface area contributed by atoms with Crippen molar-refractivity contribution in [2.24, 2.45) is 0 Å². The van der Waals surface area contributed by atoms with Gasteiger partial charge in [0, 0.05) is 25.8 Å². The fraction of sp³-hybridized carbons (Fsp3) is 0.538. The number of nitrogens with zero attached hydrogens (tertiary/aromatic N) is 2. The molecule has 106 valence electrons. The molecule has 0 bridgehead atoms. The van der Waals surface area contributed by atoms with Crippen molar-refractivity contribution in [2.45, 2.75) is 13.3 Å². The first-order chi connectivity index (χ1) is 9.24. The maximum absolute atomic E-state index is 12.3. The molecular weight excluding hydrogens is 246 g/mol. The number of carbonyl (C=O) groups excluding carboxylic acids is 1. The van der Waals surface area contributed by atoms with Gasteiger partial charge in [0.25, 0.3) is 5.91 Å². The van der Waals surface area contributed by atoms with E-state index in [2.05, 4.69) is 10.3 Å². The van der Waals surface area contributed by atoms with E-state index in [4.69, 9.17) is 10.2 Å². The first kappa shape index (κ1) is 15.4. The molecule has 0 unspecified atom stereocenters. The fourth-order valence-corrected chi connectivity index (χ4v) is 1.71. The van der Waals surface area contributed by atoms with Gasteiger partial charge in [0.2, 0.25) is 0 Å². The zero-order valence-electron chi connectivity index (χ0n) is 11.2. The molecule has 6 heteroatoms. The lowest BCUT2D eigenvalue weighted by molar-refractivity contribution is 0.0685. The summed E-state index contributed by atoms with van der Waals surface area (Å²) < 4.78 is 0. The van der Waals surface area contributed by atoms with Gasteiger partial charge in [-0.1, -0.05) is 6.92 Å². The molecule has 19 heavy (non-hydrogen) atoms. The van der Waals surface area contributed by atoms with Gasteiger partial charge in [-0.2, -0.15) is 0 Å². The third kappa shape index (κ3) is 4.50. The lowest BCUT2D eigenvalue weighted by Gasteiger charge is -2.22. The molecule has 1 heterocycles. The molecular formula is C13H21N3O3. The molecule has 0 aliphatic heterocycles. The Hall–Kier alpha value is -1.66. The Labute approximate surface area is 113 Å². The first-order valence-corrected chi connectivity index (χ1v) is 6.43. The summed E-state index contributed by atoms with van der Waals surface area (Å²) in [6.07, 6.45) is 4.11. The van der Waals surface area contributed by atoms with E-state index in [-0.39, 0.29) is 32.2 Å². The summed E-state index contributed by atoms with van der Waals surface area (Å²) in [5.74, 6) is -0.218. The Morgan fingerprint density at radius 1 is 1.37 bits per heavy atom. The number of amides is 1. The first-order valence-electron chi connectivity index (χ1n) is 6.43. The Morgan fingerprint density at radius 2 is 2.05 bits per heavy atom. The highest BCUT2D eigenvalue weighted by Crippen LogP contribution is 2.15. The number of nitrogens with one attached hydrogen (secondary N) is 1. The molecule has 0 spiro atoms. The Morgan fingerprint density at radius 3 is 2.63 bits per heavy atom. The molecule has 6 nitrogen and oxygen atoms in total. The molecule has 0 aromatic carbocycles. The second kappa shape index (κ2) is 8.44. The highest BCUT2D eigenvalue weighted by Gasteiger charge is 2.18. The van der Waals surface area contributed by atoms with Gasteiger partial charge in [-0.25, -0.2) is 0 Å². The number of pyridine rings is 1. The Bertz CT molecular complexity index is 392. The average Bonchev–Trinajstić information content (AvgIpc) is 2.44. The monoisotopic (exact) mass is 267 g/mol. The SMILES string of the molecule is CCCNc1cnccc1C(=O)N(CCO)CCO. The summed E-state index contributed by atoms with van der Waals surface area (Å²) in [4.78, 5) is 17.8. The van der Waals surface area contributed by atoms with Gasteiger partial charge in [0.1, 0.15) is 0 Å². The van der Waals surface area contributed by atoms with Gasteiger partial charge in [-0.3, -0.25) is 9.78 Å². The van der Waals surface area contributed by atoms with Crippen LogP contribution in [0.1, 0.15) is 23.7 Å². The van der Waals surface area contributed by atoms with Gasteiger partial charge in [-0.15, -0.1) is 0 Å². The van der Waals surface area contributed by atoms with E-state index in [1.165, 1.54) is 4.90 Å². The van der Waals surface area contributed by atoms with E-state index in [0.29, 0.717) is 11.3 Å². The summed E-state index contributed by atoms with van der Waals surface area (Å²) in [6, 6.07) is 1.64. The second-order valence-corrected chi connectivity index (χ2v) is 4.09. The smallest absolute Gasteiger partial charge is 0.256 e. The van der Waals surface area contributed by atoms with Crippen molar-refractivity contribution in [2.75, 3.05) is 38.2 Å². The molecule has 0 aliphatic carbocycles. The topological polar surface area (TPSA) is 85.7 Å². The van der Waals surface area contributed by atoms with Gasteiger partial charge in [-0.05, 0) is 12.5 Å². The Kier molecular flexibility index (Phi) is 6.84. The van der Waals surface area contributed by atoms with E-state index in [9.17, 15) is 4.79 Å². The fourth-order valence-electron chi connectivity index (χ4n) is 1.71. The maximum atomic E-state index is 12.3. The highest BCUT2D eigenvalue weighted by molar-refractivity contribution is 5.99. The standard InChI is InChI=1S/C13H21N3O3/c1-2-4-15-12-10-14-5-3-11(12)13(19)16(6-8-17)7-9-18/h3,5,10,15,17-18H,2,4,6-9H2,1H3. The minimum absolute atomic E-state index is 0.130. The second-order valence-electron chi connectivity index (χ2n) is 4.09. The summed E-state index contributed by atoms with van der Waals surface area (Å²) in [5.41, 5.74) is 1.18. The van der Waals surface area contributed by atoms with Crippen molar-refractivity contribution < 1.29 is 15.0 Å². The van der Waals surface area contributed by atoms with Crippen LogP contribution < -0.4 is 5.32 Å². The number of hydrogen-bond acceptors (Lipinski definition) is 5. The average molecular weight is 267 g/mol. The zero-order chi connectivity index (χ0) is 14.1. The van der Waals surface area contributed by atoms with Crippen LogP contribution in [0.5, 0.6) is 0 Å². The molecule has 1 aromatic heterocycles. The molecule has 0 fully saturated rings. The maximum Gasteiger partial charge on any atom is 0.256 e. The normalized spacial score (nSPS) is 10.3. The van der Waals surface area contributed by atoms with Crippen LogP contribution in [0, 0.1) is 0 Å². The predicted octanol–water partition coefficient (Wildman–Crippen LogP) is 0.330. The molecule has 0 aliphatic rings. The highest BCUT2D eigenvalue weighted by atomic mass is 16.3. The summed E-state index contributed by atoms with van der Waals surface area (Å²) in [5, 5.41) is 21.1.